The molecule has 0 aliphatic rings. The molecule has 0 fully saturated rings. The van der Waals surface area contributed by atoms with E-state index in [9.17, 15) is 31.2 Å². The number of halogens is 3. The Hall–Kier alpha value is -2.34. The summed E-state index contributed by atoms with van der Waals surface area (Å²) in [5.74, 6) is -2.06. The predicted molar refractivity (Wildman–Crippen MR) is 82.3 cm³/mol. The fraction of sp³-hybridized carbons (Fsp3) is 0.429. The Kier molecular flexibility index (Phi) is 6.98. The van der Waals surface area contributed by atoms with Gasteiger partial charge in [0.25, 0.3) is 0 Å². The topological polar surface area (TPSA) is 111 Å². The highest BCUT2D eigenvalue weighted by Gasteiger charge is 2.65. The molecule has 0 bridgehead atoms. The second-order valence-electron chi connectivity index (χ2n) is 4.73. The Morgan fingerprint density at radius 2 is 1.58 bits per heavy atom. The lowest BCUT2D eigenvalue weighted by Crippen LogP contribution is -2.73. The standard InChI is InChI=1S/C14H17F3N2O6S/c1-3-24-11(20)13(14(15,16)17,18-12(21)25-4-2)19-26(22,23)10-8-6-5-7-9-10/h5-9,19H,3-4H2,1-2H3,(H,18,21)/t13-/m0/s1. The number of rotatable bonds is 7. The minimum Gasteiger partial charge on any atom is -0.463 e. The van der Waals surface area contributed by atoms with Crippen LogP contribution < -0.4 is 10.0 Å². The summed E-state index contributed by atoms with van der Waals surface area (Å²) < 4.78 is 75.6. The summed E-state index contributed by atoms with van der Waals surface area (Å²) in [4.78, 5) is 23.0. The van der Waals surface area contributed by atoms with E-state index in [-0.39, 0.29) is 6.61 Å². The third kappa shape index (κ3) is 4.85. The van der Waals surface area contributed by atoms with E-state index < -0.39 is 45.4 Å². The Balaban J connectivity index is 3.46. The molecule has 1 amide bonds. The molecule has 0 aromatic heterocycles. The molecule has 0 saturated heterocycles. The number of amides is 1. The molecular weight excluding hydrogens is 381 g/mol. The summed E-state index contributed by atoms with van der Waals surface area (Å²) in [6.45, 7) is 1.73. The van der Waals surface area contributed by atoms with E-state index >= 15 is 0 Å². The largest absolute Gasteiger partial charge is 0.463 e. The second-order valence-corrected chi connectivity index (χ2v) is 6.41. The molecule has 2 N–H and O–H groups in total. The first-order chi connectivity index (χ1) is 12.0. The third-order valence-electron chi connectivity index (χ3n) is 2.91. The van der Waals surface area contributed by atoms with Crippen molar-refractivity contribution >= 4 is 22.1 Å². The van der Waals surface area contributed by atoms with Crippen molar-refractivity contribution in [1.29, 1.82) is 0 Å². The average molecular weight is 398 g/mol. The van der Waals surface area contributed by atoms with Gasteiger partial charge in [0.1, 0.15) is 0 Å². The molecular formula is C14H17F3N2O6S. The van der Waals surface area contributed by atoms with Gasteiger partial charge in [0.15, 0.2) is 0 Å². The summed E-state index contributed by atoms with van der Waals surface area (Å²) >= 11 is 0. The lowest BCUT2D eigenvalue weighted by atomic mass is 10.2. The van der Waals surface area contributed by atoms with Crippen molar-refractivity contribution in [2.24, 2.45) is 0 Å². The SMILES string of the molecule is CCOC(=O)N[C@](NS(=O)(=O)c1ccccc1)(C(=O)OCC)C(F)(F)F. The van der Waals surface area contributed by atoms with Crippen molar-refractivity contribution < 1.29 is 40.7 Å². The van der Waals surface area contributed by atoms with Crippen LogP contribution in [0.3, 0.4) is 0 Å². The van der Waals surface area contributed by atoms with Gasteiger partial charge in [0.2, 0.25) is 10.0 Å². The van der Waals surface area contributed by atoms with Crippen molar-refractivity contribution in [3.63, 3.8) is 0 Å². The predicted octanol–water partition coefficient (Wildman–Crippen LogP) is 1.53. The Morgan fingerprint density at radius 3 is 2.04 bits per heavy atom. The van der Waals surface area contributed by atoms with Crippen molar-refractivity contribution in [2.45, 2.75) is 30.6 Å². The van der Waals surface area contributed by atoms with Gasteiger partial charge in [0, 0.05) is 0 Å². The van der Waals surface area contributed by atoms with E-state index in [0.29, 0.717) is 0 Å². The van der Waals surface area contributed by atoms with Gasteiger partial charge in [-0.3, -0.25) is 5.32 Å². The number of carbonyl (C=O) groups is 2. The van der Waals surface area contributed by atoms with Crippen LogP contribution in [0.4, 0.5) is 18.0 Å². The monoisotopic (exact) mass is 398 g/mol. The van der Waals surface area contributed by atoms with Gasteiger partial charge in [-0.1, -0.05) is 18.2 Å². The fourth-order valence-electron chi connectivity index (χ4n) is 1.78. The lowest BCUT2D eigenvalue weighted by Gasteiger charge is -2.33. The van der Waals surface area contributed by atoms with Crippen LogP contribution in [0.5, 0.6) is 0 Å². The zero-order chi connectivity index (χ0) is 20.0. The maximum absolute atomic E-state index is 13.7. The number of sulfonamides is 1. The van der Waals surface area contributed by atoms with Gasteiger partial charge in [-0.15, -0.1) is 0 Å². The van der Waals surface area contributed by atoms with Crippen LogP contribution in [0.1, 0.15) is 13.8 Å². The highest BCUT2D eigenvalue weighted by Crippen LogP contribution is 2.31. The van der Waals surface area contributed by atoms with Crippen LogP contribution in [0.2, 0.25) is 0 Å². The van der Waals surface area contributed by atoms with Crippen LogP contribution in [0.15, 0.2) is 35.2 Å². The second kappa shape index (κ2) is 8.36. The number of benzene rings is 1. The van der Waals surface area contributed by atoms with E-state index in [0.717, 1.165) is 12.1 Å². The summed E-state index contributed by atoms with van der Waals surface area (Å²) in [5.41, 5.74) is -4.07. The first-order valence-electron chi connectivity index (χ1n) is 7.28. The van der Waals surface area contributed by atoms with E-state index in [1.807, 2.05) is 0 Å². The highest BCUT2D eigenvalue weighted by molar-refractivity contribution is 7.89. The van der Waals surface area contributed by atoms with E-state index in [2.05, 4.69) is 9.47 Å². The van der Waals surface area contributed by atoms with E-state index in [1.54, 1.807) is 0 Å². The molecule has 0 radical (unpaired) electrons. The normalized spacial score (nSPS) is 14.2. The number of hydrogen-bond donors (Lipinski definition) is 2. The van der Waals surface area contributed by atoms with E-state index in [4.69, 9.17) is 0 Å². The van der Waals surface area contributed by atoms with Crippen LogP contribution >= 0.6 is 0 Å². The molecule has 1 rings (SSSR count). The number of carbonyl (C=O) groups excluding carboxylic acids is 2. The molecule has 8 nitrogen and oxygen atoms in total. The number of hydrogen-bond acceptors (Lipinski definition) is 6. The van der Waals surface area contributed by atoms with Crippen molar-refractivity contribution in [3.05, 3.63) is 30.3 Å². The van der Waals surface area contributed by atoms with Crippen LogP contribution in [-0.4, -0.2) is 45.5 Å². The minimum atomic E-state index is -5.58. The fourth-order valence-corrected chi connectivity index (χ4v) is 3.07. The number of nitrogens with one attached hydrogen (secondary N) is 2. The molecule has 1 atom stereocenters. The third-order valence-corrected chi connectivity index (χ3v) is 4.38. The van der Waals surface area contributed by atoms with Crippen LogP contribution in [-0.2, 0) is 24.3 Å². The first-order valence-corrected chi connectivity index (χ1v) is 8.76. The van der Waals surface area contributed by atoms with Gasteiger partial charge in [-0.25, -0.2) is 18.0 Å². The number of ether oxygens (including phenoxy) is 2. The van der Waals surface area contributed by atoms with Gasteiger partial charge < -0.3 is 9.47 Å². The summed E-state index contributed by atoms with van der Waals surface area (Å²) in [6.07, 6.45) is -7.23. The molecule has 1 aromatic carbocycles. The molecule has 1 aromatic rings. The Bertz CT molecular complexity index is 739. The van der Waals surface area contributed by atoms with Gasteiger partial charge in [-0.05, 0) is 26.0 Å². The smallest absolute Gasteiger partial charge is 0.437 e. The highest BCUT2D eigenvalue weighted by atomic mass is 32.2. The number of alkyl carbamates (subject to hydrolysis) is 1. The quantitative estimate of drug-likeness (QED) is 0.532. The number of esters is 1. The Morgan fingerprint density at radius 1 is 1.04 bits per heavy atom. The zero-order valence-corrected chi connectivity index (χ0v) is 14.6. The summed E-state index contributed by atoms with van der Waals surface area (Å²) in [6, 6.07) is 6.01. The maximum Gasteiger partial charge on any atom is 0.437 e. The average Bonchev–Trinajstić information content (AvgIpc) is 2.54. The number of alkyl halides is 3. The minimum absolute atomic E-state index is 0.311. The molecule has 26 heavy (non-hydrogen) atoms. The van der Waals surface area contributed by atoms with Gasteiger partial charge >= 0.3 is 23.9 Å². The molecule has 146 valence electrons. The van der Waals surface area contributed by atoms with E-state index in [1.165, 1.54) is 42.1 Å². The zero-order valence-electron chi connectivity index (χ0n) is 13.8. The maximum atomic E-state index is 13.7. The molecule has 0 spiro atoms. The molecule has 0 aliphatic carbocycles. The van der Waals surface area contributed by atoms with Crippen molar-refractivity contribution in [3.8, 4) is 0 Å². The van der Waals surface area contributed by atoms with Crippen LogP contribution in [0.25, 0.3) is 0 Å². The Labute approximate surface area is 147 Å². The molecule has 0 heterocycles. The molecule has 12 heteroatoms. The molecule has 0 saturated carbocycles. The van der Waals surface area contributed by atoms with Gasteiger partial charge in [-0.2, -0.15) is 17.9 Å². The van der Waals surface area contributed by atoms with Gasteiger partial charge in [0.05, 0.1) is 18.1 Å². The van der Waals surface area contributed by atoms with Crippen molar-refractivity contribution in [2.75, 3.05) is 13.2 Å². The molecule has 0 unspecified atom stereocenters. The lowest BCUT2D eigenvalue weighted by molar-refractivity contribution is -0.214. The molecule has 0 aliphatic heterocycles. The van der Waals surface area contributed by atoms with Crippen molar-refractivity contribution in [1.82, 2.24) is 10.0 Å². The first kappa shape index (κ1) is 21.7. The van der Waals surface area contributed by atoms with Crippen LogP contribution in [0, 0.1) is 0 Å². The summed E-state index contributed by atoms with van der Waals surface area (Å²) in [5, 5.41) is 1.23. The summed E-state index contributed by atoms with van der Waals surface area (Å²) in [7, 11) is -4.87.